The molecule has 2 aromatic carbocycles. The van der Waals surface area contributed by atoms with E-state index in [9.17, 15) is 9.90 Å². The molecule has 6 nitrogen and oxygen atoms in total. The van der Waals surface area contributed by atoms with E-state index in [1.54, 1.807) is 6.33 Å². The van der Waals surface area contributed by atoms with Gasteiger partial charge in [-0.1, -0.05) is 12.1 Å². The lowest BCUT2D eigenvalue weighted by molar-refractivity contribution is -0.113. The highest BCUT2D eigenvalue weighted by Gasteiger charge is 2.58. The molecular formula is C24H25ClN4O2. The number of aryl methyl sites for hydroxylation is 1. The zero-order valence-electron chi connectivity index (χ0n) is 17.4. The molecule has 0 aliphatic heterocycles. The number of aliphatic hydroxyl groups is 1. The van der Waals surface area contributed by atoms with Crippen LogP contribution >= 0.6 is 11.6 Å². The minimum absolute atomic E-state index is 0.116. The van der Waals surface area contributed by atoms with Gasteiger partial charge in [-0.25, -0.2) is 9.97 Å². The van der Waals surface area contributed by atoms with Crippen LogP contribution in [0.25, 0.3) is 10.9 Å². The summed E-state index contributed by atoms with van der Waals surface area (Å²) in [4.78, 5) is 21.1. The molecule has 2 aliphatic rings. The van der Waals surface area contributed by atoms with Crippen LogP contribution in [-0.2, 0) is 4.79 Å². The maximum absolute atomic E-state index is 12.2. The van der Waals surface area contributed by atoms with Crippen molar-refractivity contribution in [3.8, 4) is 0 Å². The Bertz CT molecular complexity index is 1170. The number of fused-ring (bicyclic) bond motifs is 2. The van der Waals surface area contributed by atoms with Crippen LogP contribution in [-0.4, -0.2) is 32.5 Å². The largest absolute Gasteiger partial charge is 0.390 e. The predicted octanol–water partition coefficient (Wildman–Crippen LogP) is 4.88. The molecule has 2 fully saturated rings. The third-order valence-electron chi connectivity index (χ3n) is 6.60. The molecule has 160 valence electrons. The summed E-state index contributed by atoms with van der Waals surface area (Å²) in [6.45, 7) is 2.04. The lowest BCUT2D eigenvalue weighted by Crippen LogP contribution is -2.22. The van der Waals surface area contributed by atoms with Gasteiger partial charge in [0.05, 0.1) is 11.1 Å². The summed E-state index contributed by atoms with van der Waals surface area (Å²) in [5.74, 6) is 0.730. The van der Waals surface area contributed by atoms with Crippen LogP contribution in [0.2, 0.25) is 0 Å². The summed E-state index contributed by atoms with van der Waals surface area (Å²) in [6.07, 6.45) is 5.19. The predicted molar refractivity (Wildman–Crippen MR) is 123 cm³/mol. The number of aromatic nitrogens is 2. The number of nitrogens with one attached hydrogen (secondary N) is 2. The van der Waals surface area contributed by atoms with Crippen LogP contribution in [0.15, 0.2) is 42.7 Å². The van der Waals surface area contributed by atoms with Gasteiger partial charge in [-0.2, -0.15) is 0 Å². The summed E-state index contributed by atoms with van der Waals surface area (Å²) in [5, 5.41) is 17.9. The Balaban J connectivity index is 1.59. The molecule has 0 saturated heterocycles. The Hall–Kier alpha value is -2.70. The molecule has 7 heteroatoms. The molecule has 3 aromatic rings. The molecule has 3 atom stereocenters. The van der Waals surface area contributed by atoms with E-state index in [1.165, 1.54) is 0 Å². The zero-order chi connectivity index (χ0) is 21.6. The molecule has 0 bridgehead atoms. The van der Waals surface area contributed by atoms with E-state index in [-0.39, 0.29) is 23.6 Å². The lowest BCUT2D eigenvalue weighted by atomic mass is 9.81. The fourth-order valence-electron chi connectivity index (χ4n) is 5.00. The van der Waals surface area contributed by atoms with Gasteiger partial charge in [0, 0.05) is 16.8 Å². The minimum atomic E-state index is -0.546. The van der Waals surface area contributed by atoms with E-state index in [2.05, 4.69) is 26.7 Å². The number of carbonyl (C=O) groups is 1. The second-order valence-electron chi connectivity index (χ2n) is 8.77. The van der Waals surface area contributed by atoms with E-state index < -0.39 is 5.60 Å². The second kappa shape index (κ2) is 7.77. The molecule has 1 aromatic heterocycles. The normalized spacial score (nSPS) is 24.5. The van der Waals surface area contributed by atoms with Gasteiger partial charge in [0.2, 0.25) is 5.91 Å². The third kappa shape index (κ3) is 3.86. The van der Waals surface area contributed by atoms with Gasteiger partial charge >= 0.3 is 0 Å². The van der Waals surface area contributed by atoms with E-state index in [0.717, 1.165) is 59.1 Å². The molecule has 3 N–H and O–H groups in total. The number of hydrogen-bond acceptors (Lipinski definition) is 5. The highest BCUT2D eigenvalue weighted by atomic mass is 35.5. The number of carbonyl (C=O) groups excluding carboxylic acids is 1. The maximum Gasteiger partial charge on any atom is 0.239 e. The van der Waals surface area contributed by atoms with E-state index in [1.807, 2.05) is 37.3 Å². The first-order chi connectivity index (χ1) is 15.0. The molecular weight excluding hydrogens is 412 g/mol. The number of hydrogen-bond donors (Lipinski definition) is 3. The summed E-state index contributed by atoms with van der Waals surface area (Å²) in [5.41, 5.74) is 4.09. The van der Waals surface area contributed by atoms with E-state index >= 15 is 0 Å². The van der Waals surface area contributed by atoms with Crippen molar-refractivity contribution in [1.29, 1.82) is 0 Å². The van der Waals surface area contributed by atoms with Gasteiger partial charge in [-0.15, -0.1) is 11.6 Å². The van der Waals surface area contributed by atoms with Gasteiger partial charge < -0.3 is 15.7 Å². The van der Waals surface area contributed by atoms with Crippen molar-refractivity contribution in [2.24, 2.45) is 5.92 Å². The van der Waals surface area contributed by atoms with Crippen molar-refractivity contribution in [2.75, 3.05) is 16.5 Å². The van der Waals surface area contributed by atoms with Crippen molar-refractivity contribution in [2.45, 2.75) is 44.1 Å². The van der Waals surface area contributed by atoms with Crippen LogP contribution in [0.4, 0.5) is 17.2 Å². The van der Waals surface area contributed by atoms with E-state index in [4.69, 9.17) is 11.6 Å². The lowest BCUT2D eigenvalue weighted by Gasteiger charge is -2.27. The minimum Gasteiger partial charge on any atom is -0.390 e. The molecule has 31 heavy (non-hydrogen) atoms. The average molecular weight is 437 g/mol. The van der Waals surface area contributed by atoms with Crippen molar-refractivity contribution < 1.29 is 9.90 Å². The van der Waals surface area contributed by atoms with Gasteiger partial charge in [0.15, 0.2) is 0 Å². The van der Waals surface area contributed by atoms with Crippen LogP contribution in [0, 0.1) is 12.8 Å². The SMILES string of the molecule is Cc1cccc(Nc2ncnc3cc(C4CCCC5(O)CC45)c(NC(=O)CCl)cc23)c1. The van der Waals surface area contributed by atoms with Gasteiger partial charge in [0.1, 0.15) is 18.0 Å². The first-order valence-electron chi connectivity index (χ1n) is 10.7. The van der Waals surface area contributed by atoms with Crippen LogP contribution in [0.1, 0.15) is 42.7 Å². The monoisotopic (exact) mass is 436 g/mol. The average Bonchev–Trinajstić information content (AvgIpc) is 3.45. The summed E-state index contributed by atoms with van der Waals surface area (Å²) < 4.78 is 0. The van der Waals surface area contributed by atoms with Gasteiger partial charge in [-0.05, 0) is 79.8 Å². The standard InChI is InChI=1S/C24H25ClN4O2/c1-14-4-2-5-15(8-14)28-23-18-10-21(29-22(30)12-25)17(9-20(18)26-13-27-23)16-6-3-7-24(31)11-19(16)24/h2,4-5,8-10,13,16,19,31H,3,6-7,11-12H2,1H3,(H,29,30)(H,26,27,28). The molecule has 2 saturated carbocycles. The number of rotatable bonds is 5. The Morgan fingerprint density at radius 3 is 2.97 bits per heavy atom. The summed E-state index contributed by atoms with van der Waals surface area (Å²) in [6, 6.07) is 12.0. The van der Waals surface area contributed by atoms with Crippen molar-refractivity contribution in [1.82, 2.24) is 9.97 Å². The Morgan fingerprint density at radius 1 is 1.29 bits per heavy atom. The molecule has 0 spiro atoms. The smallest absolute Gasteiger partial charge is 0.239 e. The van der Waals surface area contributed by atoms with Gasteiger partial charge in [-0.3, -0.25) is 4.79 Å². The second-order valence-corrected chi connectivity index (χ2v) is 9.04. The van der Waals surface area contributed by atoms with Crippen LogP contribution < -0.4 is 10.6 Å². The van der Waals surface area contributed by atoms with Gasteiger partial charge in [0.25, 0.3) is 0 Å². The van der Waals surface area contributed by atoms with Crippen LogP contribution in [0.5, 0.6) is 0 Å². The summed E-state index contributed by atoms with van der Waals surface area (Å²) >= 11 is 5.78. The highest BCUT2D eigenvalue weighted by molar-refractivity contribution is 6.29. The highest BCUT2D eigenvalue weighted by Crippen LogP contribution is 2.60. The molecule has 3 unspecified atom stereocenters. The summed E-state index contributed by atoms with van der Waals surface area (Å²) in [7, 11) is 0. The molecule has 1 heterocycles. The number of amides is 1. The van der Waals surface area contributed by atoms with Crippen molar-refractivity contribution in [3.05, 3.63) is 53.9 Å². The molecule has 5 rings (SSSR count). The molecule has 1 amide bonds. The number of halogens is 1. The number of nitrogens with zero attached hydrogens (tertiary/aromatic N) is 2. The molecule has 2 aliphatic carbocycles. The van der Waals surface area contributed by atoms with E-state index in [0.29, 0.717) is 5.82 Å². The first-order valence-corrected chi connectivity index (χ1v) is 11.2. The third-order valence-corrected chi connectivity index (χ3v) is 6.84. The topological polar surface area (TPSA) is 87.1 Å². The van der Waals surface area contributed by atoms with Crippen molar-refractivity contribution in [3.63, 3.8) is 0 Å². The maximum atomic E-state index is 12.2. The fourth-order valence-corrected chi connectivity index (χ4v) is 5.07. The number of benzene rings is 2. The molecule has 0 radical (unpaired) electrons. The van der Waals surface area contributed by atoms with Crippen molar-refractivity contribution >= 4 is 45.6 Å². The van der Waals surface area contributed by atoms with Crippen LogP contribution in [0.3, 0.4) is 0 Å². The zero-order valence-corrected chi connectivity index (χ0v) is 18.1. The number of anilines is 3. The fraction of sp³-hybridized carbons (Fsp3) is 0.375. The first kappa shape index (κ1) is 20.2. The Morgan fingerprint density at radius 2 is 2.16 bits per heavy atom. The Labute approximate surface area is 186 Å². The quantitative estimate of drug-likeness (QED) is 0.496. The number of alkyl halides is 1. The Kier molecular flexibility index (Phi) is 5.07.